The van der Waals surface area contributed by atoms with Crippen molar-refractivity contribution in [3.05, 3.63) is 77.1 Å². The second-order valence-corrected chi connectivity index (χ2v) is 10.1. The van der Waals surface area contributed by atoms with Crippen LogP contribution in [0.15, 0.2) is 60.9 Å². The molecular weight excluding hydrogens is 446 g/mol. The lowest BCUT2D eigenvalue weighted by atomic mass is 9.88. The average molecular weight is 478 g/mol. The van der Waals surface area contributed by atoms with Gasteiger partial charge in [0.2, 0.25) is 0 Å². The molecule has 2 aromatic carbocycles. The third-order valence-corrected chi connectivity index (χ3v) is 7.80. The SMILES string of the molecule is O=C(/C=C/N1CCC(CN2CCC(c3c[nH]c4ccc(O)cc34)CC2)CC1)c1ccccc1Cl. The summed E-state index contributed by atoms with van der Waals surface area (Å²) in [5.74, 6) is 1.56. The number of aromatic nitrogens is 1. The Morgan fingerprint density at radius 1 is 1.06 bits per heavy atom. The molecule has 178 valence electrons. The van der Waals surface area contributed by atoms with Crippen LogP contribution in [-0.4, -0.2) is 58.4 Å². The number of hydrogen-bond donors (Lipinski definition) is 2. The molecule has 0 amide bonds. The molecule has 2 fully saturated rings. The highest BCUT2D eigenvalue weighted by Gasteiger charge is 2.26. The molecule has 2 aliphatic heterocycles. The van der Waals surface area contributed by atoms with Crippen LogP contribution in [0.4, 0.5) is 0 Å². The number of aromatic amines is 1. The van der Waals surface area contributed by atoms with E-state index in [2.05, 4.69) is 21.0 Å². The summed E-state index contributed by atoms with van der Waals surface area (Å²) in [6.07, 6.45) is 10.4. The summed E-state index contributed by atoms with van der Waals surface area (Å²) >= 11 is 6.14. The van der Waals surface area contributed by atoms with Crippen molar-refractivity contribution in [2.45, 2.75) is 31.6 Å². The van der Waals surface area contributed by atoms with E-state index in [9.17, 15) is 9.90 Å². The maximum atomic E-state index is 12.4. The number of rotatable bonds is 6. The quantitative estimate of drug-likeness (QED) is 0.347. The minimum absolute atomic E-state index is 0.0407. The number of allylic oxidation sites excluding steroid dienone is 1. The number of aromatic hydroxyl groups is 1. The number of carbonyl (C=O) groups excluding carboxylic acids is 1. The lowest BCUT2D eigenvalue weighted by molar-refractivity contribution is 0.104. The lowest BCUT2D eigenvalue weighted by Gasteiger charge is -2.37. The van der Waals surface area contributed by atoms with Crippen LogP contribution in [0.5, 0.6) is 5.75 Å². The molecule has 34 heavy (non-hydrogen) atoms. The predicted octanol–water partition coefficient (Wildman–Crippen LogP) is 5.81. The highest BCUT2D eigenvalue weighted by molar-refractivity contribution is 6.34. The molecule has 0 aliphatic carbocycles. The maximum absolute atomic E-state index is 12.4. The molecule has 0 spiro atoms. The summed E-state index contributed by atoms with van der Waals surface area (Å²) in [6.45, 7) is 5.40. The number of benzene rings is 2. The summed E-state index contributed by atoms with van der Waals surface area (Å²) in [4.78, 5) is 20.7. The first-order valence-corrected chi connectivity index (χ1v) is 12.7. The Labute approximate surface area is 206 Å². The van der Waals surface area contributed by atoms with E-state index in [4.69, 9.17) is 11.6 Å². The number of nitrogens with one attached hydrogen (secondary N) is 1. The topological polar surface area (TPSA) is 59.6 Å². The molecule has 0 atom stereocenters. The van der Waals surface area contributed by atoms with Crippen molar-refractivity contribution >= 4 is 28.3 Å². The largest absolute Gasteiger partial charge is 0.508 e. The zero-order chi connectivity index (χ0) is 23.5. The third kappa shape index (κ3) is 5.16. The number of nitrogens with zero attached hydrogens (tertiary/aromatic N) is 2. The molecular formula is C28H32ClN3O2. The van der Waals surface area contributed by atoms with Gasteiger partial charge in [0, 0.05) is 54.6 Å². The third-order valence-electron chi connectivity index (χ3n) is 7.47. The van der Waals surface area contributed by atoms with Crippen LogP contribution in [0.3, 0.4) is 0 Å². The Bertz CT molecular complexity index is 1170. The number of fused-ring (bicyclic) bond motifs is 1. The van der Waals surface area contributed by atoms with E-state index in [1.54, 1.807) is 24.3 Å². The van der Waals surface area contributed by atoms with E-state index >= 15 is 0 Å². The second-order valence-electron chi connectivity index (χ2n) is 9.69. The van der Waals surface area contributed by atoms with Crippen molar-refractivity contribution in [1.29, 1.82) is 0 Å². The minimum atomic E-state index is -0.0407. The van der Waals surface area contributed by atoms with Crippen molar-refractivity contribution in [2.24, 2.45) is 5.92 Å². The normalized spacial score (nSPS) is 18.8. The molecule has 2 N–H and O–H groups in total. The lowest BCUT2D eigenvalue weighted by Crippen LogP contribution is -2.40. The molecule has 0 saturated carbocycles. The number of phenolic OH excluding ortho intramolecular Hbond substituents is 1. The van der Waals surface area contributed by atoms with Gasteiger partial charge in [0.05, 0.1) is 5.02 Å². The van der Waals surface area contributed by atoms with E-state index in [-0.39, 0.29) is 5.78 Å². The number of ketones is 1. The van der Waals surface area contributed by atoms with Crippen LogP contribution < -0.4 is 0 Å². The molecule has 5 rings (SSSR count). The van der Waals surface area contributed by atoms with Crippen LogP contribution in [0, 0.1) is 5.92 Å². The standard InChI is InChI=1S/C28H32ClN3O2/c29-26-4-2-1-3-23(26)28(34)11-16-31-12-7-20(8-13-31)19-32-14-9-21(10-15-32)25-18-30-27-6-5-22(33)17-24(25)27/h1-6,11,16-18,20-21,30,33H,7-10,12-15,19H2/b16-11+. The Hall–Kier alpha value is -2.76. The molecule has 2 aliphatic rings. The molecule has 2 saturated heterocycles. The van der Waals surface area contributed by atoms with Gasteiger partial charge in [0.1, 0.15) is 5.75 Å². The Morgan fingerprint density at radius 3 is 2.59 bits per heavy atom. The summed E-state index contributed by atoms with van der Waals surface area (Å²) in [5.41, 5.74) is 3.00. The molecule has 1 aromatic heterocycles. The van der Waals surface area contributed by atoms with Crippen LogP contribution >= 0.6 is 11.6 Å². The van der Waals surface area contributed by atoms with Gasteiger partial charge in [-0.1, -0.05) is 23.7 Å². The fraction of sp³-hybridized carbons (Fsp3) is 0.393. The highest BCUT2D eigenvalue weighted by Crippen LogP contribution is 2.35. The van der Waals surface area contributed by atoms with E-state index in [0.717, 1.165) is 69.3 Å². The van der Waals surface area contributed by atoms with E-state index < -0.39 is 0 Å². The van der Waals surface area contributed by atoms with Gasteiger partial charge in [-0.25, -0.2) is 0 Å². The molecule has 3 heterocycles. The fourth-order valence-electron chi connectivity index (χ4n) is 5.47. The van der Waals surface area contributed by atoms with E-state index in [1.165, 1.54) is 5.56 Å². The summed E-state index contributed by atoms with van der Waals surface area (Å²) < 4.78 is 0. The van der Waals surface area contributed by atoms with Crippen LogP contribution in [0.25, 0.3) is 10.9 Å². The number of H-pyrrole nitrogens is 1. The molecule has 3 aromatic rings. The zero-order valence-electron chi connectivity index (χ0n) is 19.4. The van der Waals surface area contributed by atoms with Crippen molar-refractivity contribution in [3.8, 4) is 5.75 Å². The summed E-state index contributed by atoms with van der Waals surface area (Å²) in [7, 11) is 0. The molecule has 5 nitrogen and oxygen atoms in total. The average Bonchev–Trinajstić information content (AvgIpc) is 3.27. The first-order valence-electron chi connectivity index (χ1n) is 12.3. The van der Waals surface area contributed by atoms with Gasteiger partial charge < -0.3 is 19.9 Å². The Kier molecular flexibility index (Phi) is 6.93. The second kappa shape index (κ2) is 10.2. The fourth-order valence-corrected chi connectivity index (χ4v) is 5.70. The number of carbonyl (C=O) groups is 1. The zero-order valence-corrected chi connectivity index (χ0v) is 20.2. The van der Waals surface area contributed by atoms with Crippen molar-refractivity contribution in [2.75, 3.05) is 32.7 Å². The Morgan fingerprint density at radius 2 is 1.82 bits per heavy atom. The van der Waals surface area contributed by atoms with E-state index in [0.29, 0.717) is 28.2 Å². The van der Waals surface area contributed by atoms with E-state index in [1.807, 2.05) is 30.5 Å². The molecule has 0 bridgehead atoms. The van der Waals surface area contributed by atoms with Gasteiger partial charge >= 0.3 is 0 Å². The van der Waals surface area contributed by atoms with Crippen molar-refractivity contribution in [1.82, 2.24) is 14.8 Å². The summed E-state index contributed by atoms with van der Waals surface area (Å²) in [6, 6.07) is 12.8. The van der Waals surface area contributed by atoms with Crippen molar-refractivity contribution < 1.29 is 9.90 Å². The summed E-state index contributed by atoms with van der Waals surface area (Å²) in [5, 5.41) is 11.5. The van der Waals surface area contributed by atoms with Gasteiger partial charge in [-0.05, 0) is 86.5 Å². The number of halogens is 1. The van der Waals surface area contributed by atoms with Gasteiger partial charge in [0.25, 0.3) is 0 Å². The number of phenols is 1. The first kappa shape index (κ1) is 23.0. The number of hydrogen-bond acceptors (Lipinski definition) is 4. The number of piperidine rings is 2. The van der Waals surface area contributed by atoms with Gasteiger partial charge in [-0.2, -0.15) is 0 Å². The van der Waals surface area contributed by atoms with Gasteiger partial charge in [-0.15, -0.1) is 0 Å². The Balaban J connectivity index is 1.08. The van der Waals surface area contributed by atoms with Crippen LogP contribution in [0.2, 0.25) is 5.02 Å². The molecule has 0 unspecified atom stereocenters. The predicted molar refractivity (Wildman–Crippen MR) is 138 cm³/mol. The smallest absolute Gasteiger partial charge is 0.188 e. The maximum Gasteiger partial charge on any atom is 0.188 e. The van der Waals surface area contributed by atoms with Crippen LogP contribution in [0.1, 0.15) is 47.5 Å². The molecule has 0 radical (unpaired) electrons. The van der Waals surface area contributed by atoms with Gasteiger partial charge in [-0.3, -0.25) is 4.79 Å². The van der Waals surface area contributed by atoms with Gasteiger partial charge in [0.15, 0.2) is 5.78 Å². The van der Waals surface area contributed by atoms with Crippen molar-refractivity contribution in [3.63, 3.8) is 0 Å². The van der Waals surface area contributed by atoms with Crippen LogP contribution in [-0.2, 0) is 0 Å². The molecule has 6 heteroatoms. The monoisotopic (exact) mass is 477 g/mol. The number of likely N-dealkylation sites (tertiary alicyclic amines) is 2. The minimum Gasteiger partial charge on any atom is -0.508 e. The highest BCUT2D eigenvalue weighted by atomic mass is 35.5. The first-order chi connectivity index (χ1) is 16.6.